The zero-order valence-corrected chi connectivity index (χ0v) is 11.6. The van der Waals surface area contributed by atoms with Crippen molar-refractivity contribution in [3.8, 4) is 0 Å². The van der Waals surface area contributed by atoms with Gasteiger partial charge in [0.2, 0.25) is 0 Å². The lowest BCUT2D eigenvalue weighted by Gasteiger charge is -2.17. The number of nitrogens with one attached hydrogen (secondary N) is 1. The summed E-state index contributed by atoms with van der Waals surface area (Å²) in [4.78, 5) is 3.09. The molecule has 2 heteroatoms. The quantitative estimate of drug-likeness (QED) is 0.875. The third-order valence-electron chi connectivity index (χ3n) is 3.59. The second-order valence-electron chi connectivity index (χ2n) is 4.85. The maximum Gasteiger partial charge on any atom is 0.0671 e. The zero-order chi connectivity index (χ0) is 12.4. The summed E-state index contributed by atoms with van der Waals surface area (Å²) in [7, 11) is 0. The van der Waals surface area contributed by atoms with Gasteiger partial charge in [0.15, 0.2) is 0 Å². The molecule has 1 unspecified atom stereocenters. The van der Waals surface area contributed by atoms with Crippen molar-refractivity contribution < 1.29 is 0 Å². The van der Waals surface area contributed by atoms with Gasteiger partial charge in [-0.05, 0) is 43.0 Å². The molecule has 2 aromatic rings. The summed E-state index contributed by atoms with van der Waals surface area (Å²) in [6.07, 6.45) is 3.91. The first-order valence-corrected chi connectivity index (χ1v) is 7.60. The third-order valence-corrected chi connectivity index (χ3v) is 4.89. The molecule has 1 N–H and O–H groups in total. The van der Waals surface area contributed by atoms with Crippen LogP contribution in [-0.2, 0) is 12.8 Å². The lowest BCUT2D eigenvalue weighted by molar-refractivity contribution is 0.639. The van der Waals surface area contributed by atoms with Crippen LogP contribution in [0.1, 0.15) is 40.3 Å². The third kappa shape index (κ3) is 2.23. The summed E-state index contributed by atoms with van der Waals surface area (Å²) in [5, 5.41) is 3.61. The number of thiophene rings is 1. The molecule has 0 aliphatic heterocycles. The fourth-order valence-electron chi connectivity index (χ4n) is 2.73. The Morgan fingerprint density at radius 1 is 1.22 bits per heavy atom. The van der Waals surface area contributed by atoms with Crippen LogP contribution < -0.4 is 5.32 Å². The second-order valence-corrected chi connectivity index (χ2v) is 6.02. The molecule has 0 fully saturated rings. The highest BCUT2D eigenvalue weighted by molar-refractivity contribution is 7.12. The van der Waals surface area contributed by atoms with Gasteiger partial charge in [0.25, 0.3) is 0 Å². The number of hydrogen-bond donors (Lipinski definition) is 1. The van der Waals surface area contributed by atoms with Crippen LogP contribution in [0.15, 0.2) is 36.4 Å². The molecule has 1 aliphatic rings. The minimum absolute atomic E-state index is 0.367. The van der Waals surface area contributed by atoms with Gasteiger partial charge in [0.05, 0.1) is 6.04 Å². The van der Waals surface area contributed by atoms with Crippen LogP contribution in [0.3, 0.4) is 0 Å². The van der Waals surface area contributed by atoms with Crippen molar-refractivity contribution in [1.82, 2.24) is 5.32 Å². The fraction of sp³-hybridized carbons (Fsp3) is 0.375. The molecular formula is C16H19NS. The van der Waals surface area contributed by atoms with Crippen molar-refractivity contribution in [2.45, 2.75) is 32.2 Å². The summed E-state index contributed by atoms with van der Waals surface area (Å²) in [6.45, 7) is 3.18. The Morgan fingerprint density at radius 2 is 2.06 bits per heavy atom. The lowest BCUT2D eigenvalue weighted by atomic mass is 10.0. The Labute approximate surface area is 113 Å². The van der Waals surface area contributed by atoms with Gasteiger partial charge in [0, 0.05) is 9.75 Å². The van der Waals surface area contributed by atoms with Crippen molar-refractivity contribution in [3.63, 3.8) is 0 Å². The average molecular weight is 257 g/mol. The average Bonchev–Trinajstić information content (AvgIpc) is 2.97. The normalized spacial score (nSPS) is 15.6. The Kier molecular flexibility index (Phi) is 3.48. The molecule has 1 nitrogen and oxygen atoms in total. The molecule has 0 spiro atoms. The van der Waals surface area contributed by atoms with Crippen molar-refractivity contribution in [2.75, 3.05) is 6.54 Å². The molecule has 3 rings (SSSR count). The molecule has 1 aliphatic carbocycles. The second kappa shape index (κ2) is 5.25. The van der Waals surface area contributed by atoms with E-state index < -0.39 is 0 Å². The van der Waals surface area contributed by atoms with Crippen LogP contribution >= 0.6 is 11.3 Å². The SMILES string of the molecule is CCNC(c1ccccc1)c1cc2c(s1)CCC2. The van der Waals surface area contributed by atoms with E-state index in [4.69, 9.17) is 0 Å². The van der Waals surface area contributed by atoms with Gasteiger partial charge in [-0.3, -0.25) is 0 Å². The molecule has 1 heterocycles. The van der Waals surface area contributed by atoms with E-state index >= 15 is 0 Å². The smallest absolute Gasteiger partial charge is 0.0671 e. The van der Waals surface area contributed by atoms with Gasteiger partial charge in [-0.2, -0.15) is 0 Å². The van der Waals surface area contributed by atoms with Crippen LogP contribution in [0.2, 0.25) is 0 Å². The Morgan fingerprint density at radius 3 is 2.78 bits per heavy atom. The Bertz CT molecular complexity index is 494. The predicted octanol–water partition coefficient (Wildman–Crippen LogP) is 3.94. The molecule has 18 heavy (non-hydrogen) atoms. The van der Waals surface area contributed by atoms with Crippen LogP contribution in [-0.4, -0.2) is 6.54 Å². The molecule has 0 saturated heterocycles. The number of aryl methyl sites for hydroxylation is 2. The van der Waals surface area contributed by atoms with Crippen molar-refractivity contribution in [3.05, 3.63) is 57.3 Å². The maximum absolute atomic E-state index is 3.61. The Balaban J connectivity index is 1.93. The molecule has 94 valence electrons. The van der Waals surface area contributed by atoms with E-state index in [0.29, 0.717) is 6.04 Å². The summed E-state index contributed by atoms with van der Waals surface area (Å²) in [5.74, 6) is 0. The predicted molar refractivity (Wildman–Crippen MR) is 78.3 cm³/mol. The van der Waals surface area contributed by atoms with E-state index in [0.717, 1.165) is 6.54 Å². The van der Waals surface area contributed by atoms with E-state index in [1.807, 2.05) is 11.3 Å². The molecule has 0 radical (unpaired) electrons. The first-order chi connectivity index (χ1) is 8.88. The zero-order valence-electron chi connectivity index (χ0n) is 10.8. The first kappa shape index (κ1) is 11.9. The van der Waals surface area contributed by atoms with Crippen LogP contribution in [0.5, 0.6) is 0 Å². The van der Waals surface area contributed by atoms with Crippen LogP contribution in [0.25, 0.3) is 0 Å². The number of hydrogen-bond acceptors (Lipinski definition) is 2. The molecule has 1 atom stereocenters. The van der Waals surface area contributed by atoms with Gasteiger partial charge in [-0.1, -0.05) is 37.3 Å². The van der Waals surface area contributed by atoms with Crippen molar-refractivity contribution in [2.24, 2.45) is 0 Å². The van der Waals surface area contributed by atoms with E-state index in [1.165, 1.54) is 29.7 Å². The van der Waals surface area contributed by atoms with Gasteiger partial charge >= 0.3 is 0 Å². The minimum Gasteiger partial charge on any atom is -0.306 e. The van der Waals surface area contributed by atoms with Crippen LogP contribution in [0.4, 0.5) is 0 Å². The summed E-state index contributed by atoms with van der Waals surface area (Å²) in [6, 6.07) is 13.6. The summed E-state index contributed by atoms with van der Waals surface area (Å²) in [5.41, 5.74) is 2.97. The van der Waals surface area contributed by atoms with Gasteiger partial charge in [-0.25, -0.2) is 0 Å². The monoisotopic (exact) mass is 257 g/mol. The standard InChI is InChI=1S/C16H19NS/c1-2-17-16(12-7-4-3-5-8-12)15-11-13-9-6-10-14(13)18-15/h3-5,7-8,11,16-17H,2,6,9-10H2,1H3. The van der Waals surface area contributed by atoms with Gasteiger partial charge < -0.3 is 5.32 Å². The maximum atomic E-state index is 3.61. The van der Waals surface area contributed by atoms with Crippen molar-refractivity contribution >= 4 is 11.3 Å². The Hall–Kier alpha value is -1.12. The highest BCUT2D eigenvalue weighted by atomic mass is 32.1. The topological polar surface area (TPSA) is 12.0 Å². The summed E-state index contributed by atoms with van der Waals surface area (Å²) >= 11 is 2.00. The fourth-order valence-corrected chi connectivity index (χ4v) is 4.09. The highest BCUT2D eigenvalue weighted by Gasteiger charge is 2.20. The molecular weight excluding hydrogens is 238 g/mol. The van der Waals surface area contributed by atoms with E-state index in [9.17, 15) is 0 Å². The van der Waals surface area contributed by atoms with Gasteiger partial charge in [0.1, 0.15) is 0 Å². The molecule has 0 saturated carbocycles. The molecule has 1 aromatic heterocycles. The van der Waals surface area contributed by atoms with E-state index in [1.54, 1.807) is 10.4 Å². The molecule has 0 amide bonds. The lowest BCUT2D eigenvalue weighted by Crippen LogP contribution is -2.20. The largest absolute Gasteiger partial charge is 0.306 e. The van der Waals surface area contributed by atoms with Crippen molar-refractivity contribution in [1.29, 1.82) is 0 Å². The number of benzene rings is 1. The van der Waals surface area contributed by atoms with E-state index in [-0.39, 0.29) is 0 Å². The van der Waals surface area contributed by atoms with Crippen LogP contribution in [0, 0.1) is 0 Å². The summed E-state index contributed by atoms with van der Waals surface area (Å²) < 4.78 is 0. The van der Waals surface area contributed by atoms with E-state index in [2.05, 4.69) is 48.6 Å². The molecule has 0 bridgehead atoms. The number of rotatable bonds is 4. The molecule has 1 aromatic carbocycles. The first-order valence-electron chi connectivity index (χ1n) is 6.78. The minimum atomic E-state index is 0.367. The van der Waals surface area contributed by atoms with Gasteiger partial charge in [-0.15, -0.1) is 11.3 Å². The highest BCUT2D eigenvalue weighted by Crippen LogP contribution is 2.35. The number of fused-ring (bicyclic) bond motifs is 1.